The maximum absolute atomic E-state index is 12.1. The number of hydrogen-bond acceptors (Lipinski definition) is 4. The fourth-order valence-corrected chi connectivity index (χ4v) is 2.34. The highest BCUT2D eigenvalue weighted by atomic mass is 16.6. The monoisotopic (exact) mass is 303 g/mol. The molecule has 1 saturated heterocycles. The molecule has 5 heteroatoms. The van der Waals surface area contributed by atoms with Crippen LogP contribution in [0.2, 0.25) is 0 Å². The summed E-state index contributed by atoms with van der Waals surface area (Å²) in [5, 5.41) is 0. The highest BCUT2D eigenvalue weighted by molar-refractivity contribution is 5.83. The van der Waals surface area contributed by atoms with Crippen molar-refractivity contribution in [3.63, 3.8) is 0 Å². The molecule has 2 rings (SSSR count). The van der Waals surface area contributed by atoms with E-state index >= 15 is 0 Å². The molecule has 1 aromatic carbocycles. The molecular weight excluding hydrogens is 282 g/mol. The second-order valence-corrected chi connectivity index (χ2v) is 5.12. The first-order valence-electron chi connectivity index (χ1n) is 7.51. The van der Waals surface area contributed by atoms with Crippen molar-refractivity contribution >= 4 is 12.1 Å². The van der Waals surface area contributed by atoms with E-state index in [1.807, 2.05) is 30.3 Å². The Kier molecular flexibility index (Phi) is 6.01. The summed E-state index contributed by atoms with van der Waals surface area (Å²) in [6.45, 7) is 3.45. The minimum Gasteiger partial charge on any atom is -0.463 e. The van der Waals surface area contributed by atoms with Crippen LogP contribution < -0.4 is 0 Å². The van der Waals surface area contributed by atoms with Crippen LogP contribution in [-0.4, -0.2) is 36.7 Å². The number of nitrogens with zero attached hydrogens (tertiary/aromatic N) is 1. The molecule has 5 nitrogen and oxygen atoms in total. The van der Waals surface area contributed by atoms with Crippen LogP contribution in [0.3, 0.4) is 0 Å². The number of hydrogen-bond donors (Lipinski definition) is 0. The molecule has 0 radical (unpaired) electrons. The number of likely N-dealkylation sites (tertiary alicyclic amines) is 1. The first kappa shape index (κ1) is 16.1. The van der Waals surface area contributed by atoms with E-state index in [0.717, 1.165) is 24.0 Å². The van der Waals surface area contributed by atoms with E-state index < -0.39 is 0 Å². The van der Waals surface area contributed by atoms with Gasteiger partial charge in [0.05, 0.1) is 6.61 Å². The molecule has 1 aliphatic heterocycles. The van der Waals surface area contributed by atoms with E-state index in [0.29, 0.717) is 19.7 Å². The van der Waals surface area contributed by atoms with Crippen molar-refractivity contribution in [3.05, 3.63) is 47.5 Å². The Morgan fingerprint density at radius 3 is 2.73 bits per heavy atom. The summed E-state index contributed by atoms with van der Waals surface area (Å²) < 4.78 is 10.2. The topological polar surface area (TPSA) is 55.8 Å². The maximum atomic E-state index is 12.1. The fraction of sp³-hybridized carbons (Fsp3) is 0.412. The van der Waals surface area contributed by atoms with Gasteiger partial charge >= 0.3 is 12.1 Å². The molecular formula is C17H21NO4. The van der Waals surface area contributed by atoms with Gasteiger partial charge in [-0.2, -0.15) is 0 Å². The highest BCUT2D eigenvalue weighted by Gasteiger charge is 2.21. The third-order valence-electron chi connectivity index (χ3n) is 3.39. The summed E-state index contributed by atoms with van der Waals surface area (Å²) in [7, 11) is 0. The van der Waals surface area contributed by atoms with Gasteiger partial charge in [0.2, 0.25) is 0 Å². The molecule has 1 aliphatic rings. The number of carbonyl (C=O) groups is 2. The number of ether oxygens (including phenoxy) is 2. The molecule has 0 aromatic heterocycles. The van der Waals surface area contributed by atoms with Crippen LogP contribution in [0.15, 0.2) is 42.0 Å². The van der Waals surface area contributed by atoms with Crippen LogP contribution in [0.25, 0.3) is 0 Å². The van der Waals surface area contributed by atoms with Gasteiger partial charge in [0.1, 0.15) is 6.61 Å². The van der Waals surface area contributed by atoms with Crippen molar-refractivity contribution in [3.8, 4) is 0 Å². The smallest absolute Gasteiger partial charge is 0.410 e. The lowest BCUT2D eigenvalue weighted by atomic mass is 10.1. The summed E-state index contributed by atoms with van der Waals surface area (Å²) in [5.41, 5.74) is 1.86. The minimum absolute atomic E-state index is 0.257. The molecule has 1 heterocycles. The molecule has 118 valence electrons. The van der Waals surface area contributed by atoms with Gasteiger partial charge in [-0.1, -0.05) is 30.3 Å². The average molecular weight is 303 g/mol. The Hall–Kier alpha value is -2.30. The van der Waals surface area contributed by atoms with E-state index in [2.05, 4.69) is 0 Å². The lowest BCUT2D eigenvalue weighted by molar-refractivity contribution is -0.137. The van der Waals surface area contributed by atoms with Crippen LogP contribution in [0, 0.1) is 0 Å². The average Bonchev–Trinajstić information content (AvgIpc) is 2.54. The SMILES string of the molecule is CCOC(=O)C=C1CCCN(C(=O)OCc2ccccc2)C1. The standard InChI is InChI=1S/C17H21NO4/c1-2-21-16(19)11-15-9-6-10-18(12-15)17(20)22-13-14-7-4-3-5-8-14/h3-5,7-8,11H,2,6,9-10,12-13H2,1H3. The summed E-state index contributed by atoms with van der Waals surface area (Å²) in [4.78, 5) is 25.2. The van der Waals surface area contributed by atoms with E-state index in [4.69, 9.17) is 9.47 Å². The normalized spacial score (nSPS) is 16.4. The Bertz CT molecular complexity index is 539. The van der Waals surface area contributed by atoms with E-state index in [-0.39, 0.29) is 18.7 Å². The summed E-state index contributed by atoms with van der Waals surface area (Å²) in [6, 6.07) is 9.56. The Morgan fingerprint density at radius 1 is 1.23 bits per heavy atom. The summed E-state index contributed by atoms with van der Waals surface area (Å²) in [5.74, 6) is -0.350. The van der Waals surface area contributed by atoms with Crippen molar-refractivity contribution in [2.45, 2.75) is 26.4 Å². The Labute approximate surface area is 130 Å². The summed E-state index contributed by atoms with van der Waals surface area (Å²) in [6.07, 6.45) is 2.77. The number of carbonyl (C=O) groups excluding carboxylic acids is 2. The lowest BCUT2D eigenvalue weighted by Crippen LogP contribution is -2.37. The van der Waals surface area contributed by atoms with Crippen molar-refractivity contribution in [2.75, 3.05) is 19.7 Å². The molecule has 22 heavy (non-hydrogen) atoms. The van der Waals surface area contributed by atoms with E-state index in [1.165, 1.54) is 6.08 Å². The Morgan fingerprint density at radius 2 is 2.00 bits per heavy atom. The second kappa shape index (κ2) is 8.22. The van der Waals surface area contributed by atoms with Gasteiger partial charge in [-0.25, -0.2) is 9.59 Å². The number of benzene rings is 1. The van der Waals surface area contributed by atoms with Crippen LogP contribution >= 0.6 is 0 Å². The minimum atomic E-state index is -0.350. The molecule has 1 fully saturated rings. The number of esters is 1. The Balaban J connectivity index is 1.86. The van der Waals surface area contributed by atoms with Gasteiger partial charge in [0, 0.05) is 19.2 Å². The quantitative estimate of drug-likeness (QED) is 0.634. The maximum Gasteiger partial charge on any atom is 0.410 e. The molecule has 0 N–H and O–H groups in total. The number of piperidine rings is 1. The molecule has 0 unspecified atom stereocenters. The molecule has 0 aliphatic carbocycles. The number of rotatable bonds is 4. The zero-order chi connectivity index (χ0) is 15.8. The first-order chi connectivity index (χ1) is 10.7. The van der Waals surface area contributed by atoms with Gasteiger partial charge in [0.25, 0.3) is 0 Å². The van der Waals surface area contributed by atoms with E-state index in [9.17, 15) is 9.59 Å². The zero-order valence-electron chi connectivity index (χ0n) is 12.8. The lowest BCUT2D eigenvalue weighted by Gasteiger charge is -2.27. The van der Waals surface area contributed by atoms with Crippen molar-refractivity contribution in [1.82, 2.24) is 4.90 Å². The molecule has 0 saturated carbocycles. The number of amides is 1. The fourth-order valence-electron chi connectivity index (χ4n) is 2.34. The van der Waals surface area contributed by atoms with Crippen molar-refractivity contribution in [2.24, 2.45) is 0 Å². The van der Waals surface area contributed by atoms with Gasteiger partial charge in [-0.15, -0.1) is 0 Å². The predicted molar refractivity (Wildman–Crippen MR) is 82.2 cm³/mol. The molecule has 0 spiro atoms. The highest BCUT2D eigenvalue weighted by Crippen LogP contribution is 2.17. The third-order valence-corrected chi connectivity index (χ3v) is 3.39. The van der Waals surface area contributed by atoms with Crippen LogP contribution in [0.1, 0.15) is 25.3 Å². The summed E-state index contributed by atoms with van der Waals surface area (Å²) >= 11 is 0. The first-order valence-corrected chi connectivity index (χ1v) is 7.51. The molecule has 0 bridgehead atoms. The van der Waals surface area contributed by atoms with Crippen molar-refractivity contribution < 1.29 is 19.1 Å². The molecule has 1 aromatic rings. The van der Waals surface area contributed by atoms with Gasteiger partial charge < -0.3 is 14.4 Å². The largest absolute Gasteiger partial charge is 0.463 e. The van der Waals surface area contributed by atoms with Crippen LogP contribution in [0.4, 0.5) is 4.79 Å². The van der Waals surface area contributed by atoms with Gasteiger partial charge in [0.15, 0.2) is 0 Å². The second-order valence-electron chi connectivity index (χ2n) is 5.12. The zero-order valence-corrected chi connectivity index (χ0v) is 12.8. The van der Waals surface area contributed by atoms with Crippen molar-refractivity contribution in [1.29, 1.82) is 0 Å². The van der Waals surface area contributed by atoms with E-state index in [1.54, 1.807) is 11.8 Å². The predicted octanol–water partition coefficient (Wildman–Crippen LogP) is 2.91. The molecule has 0 atom stereocenters. The third kappa shape index (κ3) is 4.91. The molecule has 1 amide bonds. The van der Waals surface area contributed by atoms with Crippen LogP contribution in [0.5, 0.6) is 0 Å². The van der Waals surface area contributed by atoms with Gasteiger partial charge in [-0.05, 0) is 30.9 Å². The van der Waals surface area contributed by atoms with Crippen LogP contribution in [-0.2, 0) is 20.9 Å². The van der Waals surface area contributed by atoms with Gasteiger partial charge in [-0.3, -0.25) is 0 Å².